The van der Waals surface area contributed by atoms with Gasteiger partial charge in [0.1, 0.15) is 0 Å². The third-order valence-corrected chi connectivity index (χ3v) is 4.20. The predicted molar refractivity (Wildman–Crippen MR) is 107 cm³/mol. The smallest absolute Gasteiger partial charge is 0.269 e. The van der Waals surface area contributed by atoms with Gasteiger partial charge in [-0.15, -0.1) is 0 Å². The first-order chi connectivity index (χ1) is 12.0. The zero-order valence-corrected chi connectivity index (χ0v) is 16.4. The predicted octanol–water partition coefficient (Wildman–Crippen LogP) is 5.00. The van der Waals surface area contributed by atoms with Crippen molar-refractivity contribution in [1.82, 2.24) is 0 Å². The van der Waals surface area contributed by atoms with E-state index in [1.807, 2.05) is 19.1 Å². The van der Waals surface area contributed by atoms with Gasteiger partial charge in [-0.05, 0) is 65.8 Å². The lowest BCUT2D eigenvalue weighted by molar-refractivity contribution is -0.384. The van der Waals surface area contributed by atoms with Gasteiger partial charge in [-0.3, -0.25) is 10.1 Å². The lowest BCUT2D eigenvalue weighted by Gasteiger charge is -2.15. The second kappa shape index (κ2) is 9.45. The van der Waals surface area contributed by atoms with E-state index in [1.54, 1.807) is 12.1 Å². The van der Waals surface area contributed by atoms with Crippen LogP contribution in [-0.2, 0) is 6.54 Å². The van der Waals surface area contributed by atoms with Crippen LogP contribution in [0.15, 0.2) is 36.4 Å². The first-order valence-corrected chi connectivity index (χ1v) is 9.19. The minimum Gasteiger partial charge on any atom is -0.490 e. The normalized spacial score (nSPS) is 10.4. The van der Waals surface area contributed by atoms with Crippen LogP contribution in [0.1, 0.15) is 25.8 Å². The highest BCUT2D eigenvalue weighted by Gasteiger charge is 2.12. The van der Waals surface area contributed by atoms with Crippen LogP contribution in [-0.4, -0.2) is 18.1 Å². The molecule has 7 heteroatoms. The molecule has 0 amide bonds. The molecule has 0 radical (unpaired) electrons. The van der Waals surface area contributed by atoms with Gasteiger partial charge >= 0.3 is 0 Å². The van der Waals surface area contributed by atoms with E-state index >= 15 is 0 Å². The van der Waals surface area contributed by atoms with Crippen LogP contribution in [0.3, 0.4) is 0 Å². The maximum Gasteiger partial charge on any atom is 0.269 e. The second-order valence-electron chi connectivity index (χ2n) is 5.34. The number of nitrogens with zero attached hydrogens (tertiary/aromatic N) is 1. The maximum absolute atomic E-state index is 10.7. The van der Waals surface area contributed by atoms with Crippen molar-refractivity contribution in [3.8, 4) is 11.5 Å². The summed E-state index contributed by atoms with van der Waals surface area (Å²) < 4.78 is 12.5. The van der Waals surface area contributed by atoms with E-state index < -0.39 is 4.92 Å². The molecule has 0 heterocycles. The van der Waals surface area contributed by atoms with E-state index in [1.165, 1.54) is 12.1 Å². The minimum atomic E-state index is -0.407. The molecule has 0 saturated carbocycles. The van der Waals surface area contributed by atoms with Crippen molar-refractivity contribution in [3.63, 3.8) is 0 Å². The van der Waals surface area contributed by atoms with Crippen molar-refractivity contribution in [1.29, 1.82) is 0 Å². The number of hydrogen-bond donors (Lipinski definition) is 1. The Morgan fingerprint density at radius 2 is 1.88 bits per heavy atom. The lowest BCUT2D eigenvalue weighted by Crippen LogP contribution is -2.05. The Hall–Kier alpha value is -2.03. The molecule has 6 nitrogen and oxygen atoms in total. The van der Waals surface area contributed by atoms with Gasteiger partial charge in [0.05, 0.1) is 21.7 Å². The van der Waals surface area contributed by atoms with Crippen molar-refractivity contribution in [3.05, 3.63) is 55.6 Å². The largest absolute Gasteiger partial charge is 0.490 e. The van der Waals surface area contributed by atoms with Crippen molar-refractivity contribution in [2.24, 2.45) is 0 Å². The fourth-order valence-corrected chi connectivity index (χ4v) is 3.06. The number of nitrogens with one attached hydrogen (secondary N) is 1. The topological polar surface area (TPSA) is 73.6 Å². The number of benzene rings is 2. The Kier molecular flexibility index (Phi) is 7.30. The van der Waals surface area contributed by atoms with Crippen LogP contribution in [0, 0.1) is 13.7 Å². The second-order valence-corrected chi connectivity index (χ2v) is 6.51. The van der Waals surface area contributed by atoms with Crippen LogP contribution < -0.4 is 14.8 Å². The molecular formula is C18H21IN2O4. The molecule has 2 aromatic rings. The maximum atomic E-state index is 10.7. The molecule has 134 valence electrons. The summed E-state index contributed by atoms with van der Waals surface area (Å²) in [6.45, 7) is 5.81. The molecule has 0 aliphatic heterocycles. The molecule has 0 aliphatic rings. The Labute approximate surface area is 160 Å². The fourth-order valence-electron chi connectivity index (χ4n) is 2.24. The molecule has 0 spiro atoms. The fraction of sp³-hybridized carbons (Fsp3) is 0.333. The van der Waals surface area contributed by atoms with Crippen molar-refractivity contribution < 1.29 is 14.4 Å². The van der Waals surface area contributed by atoms with Crippen LogP contribution in [0.2, 0.25) is 0 Å². The van der Waals surface area contributed by atoms with Gasteiger partial charge in [0.2, 0.25) is 0 Å². The Morgan fingerprint density at radius 1 is 1.16 bits per heavy atom. The molecule has 0 fully saturated rings. The van der Waals surface area contributed by atoms with E-state index in [2.05, 4.69) is 34.8 Å². The van der Waals surface area contributed by atoms with Crippen LogP contribution >= 0.6 is 22.6 Å². The van der Waals surface area contributed by atoms with Crippen LogP contribution in [0.25, 0.3) is 0 Å². The molecule has 0 aromatic heterocycles. The molecule has 0 aliphatic carbocycles. The molecule has 25 heavy (non-hydrogen) atoms. The third kappa shape index (κ3) is 5.48. The van der Waals surface area contributed by atoms with Gasteiger partial charge in [-0.1, -0.05) is 6.92 Å². The quantitative estimate of drug-likeness (QED) is 0.327. The number of hydrogen-bond acceptors (Lipinski definition) is 5. The SMILES string of the molecule is CCCOc1c(I)cc(CNc2ccc([N+](=O)[O-])cc2)cc1OCC. The molecule has 0 saturated heterocycles. The Bertz CT molecular complexity index is 720. The summed E-state index contributed by atoms with van der Waals surface area (Å²) in [7, 11) is 0. The Balaban J connectivity index is 2.12. The average Bonchev–Trinajstić information content (AvgIpc) is 2.60. The first kappa shape index (κ1) is 19.3. The number of halogens is 1. The van der Waals surface area contributed by atoms with Gasteiger partial charge in [0.25, 0.3) is 5.69 Å². The highest BCUT2D eigenvalue weighted by molar-refractivity contribution is 14.1. The summed E-state index contributed by atoms with van der Waals surface area (Å²) >= 11 is 2.25. The highest BCUT2D eigenvalue weighted by Crippen LogP contribution is 2.34. The summed E-state index contributed by atoms with van der Waals surface area (Å²) in [6, 6.07) is 10.4. The van der Waals surface area contributed by atoms with Gasteiger partial charge in [-0.2, -0.15) is 0 Å². The third-order valence-electron chi connectivity index (χ3n) is 3.39. The van der Waals surface area contributed by atoms with Crippen molar-refractivity contribution in [2.45, 2.75) is 26.8 Å². The minimum absolute atomic E-state index is 0.0798. The number of non-ortho nitro benzene ring substituents is 1. The monoisotopic (exact) mass is 456 g/mol. The molecule has 0 unspecified atom stereocenters. The van der Waals surface area contributed by atoms with E-state index in [0.29, 0.717) is 19.8 Å². The summed E-state index contributed by atoms with van der Waals surface area (Å²) in [5.74, 6) is 1.52. The molecule has 2 rings (SSSR count). The molecule has 1 N–H and O–H groups in total. The summed E-state index contributed by atoms with van der Waals surface area (Å²) in [5, 5.41) is 14.0. The summed E-state index contributed by atoms with van der Waals surface area (Å²) in [4.78, 5) is 10.3. The van der Waals surface area contributed by atoms with E-state index in [-0.39, 0.29) is 5.69 Å². The average molecular weight is 456 g/mol. The molecule has 0 atom stereocenters. The first-order valence-electron chi connectivity index (χ1n) is 8.11. The lowest BCUT2D eigenvalue weighted by atomic mass is 10.2. The summed E-state index contributed by atoms with van der Waals surface area (Å²) in [6.07, 6.45) is 0.936. The Morgan fingerprint density at radius 3 is 2.48 bits per heavy atom. The van der Waals surface area contributed by atoms with E-state index in [0.717, 1.165) is 32.7 Å². The van der Waals surface area contributed by atoms with E-state index in [4.69, 9.17) is 9.47 Å². The van der Waals surface area contributed by atoms with Crippen molar-refractivity contribution >= 4 is 34.0 Å². The number of anilines is 1. The van der Waals surface area contributed by atoms with Gasteiger partial charge < -0.3 is 14.8 Å². The zero-order chi connectivity index (χ0) is 18.2. The molecule has 2 aromatic carbocycles. The zero-order valence-electron chi connectivity index (χ0n) is 14.3. The number of nitro benzene ring substituents is 1. The standard InChI is InChI=1S/C18H21IN2O4/c1-3-9-25-18-16(19)10-13(11-17(18)24-4-2)12-20-14-5-7-15(8-6-14)21(22)23/h5-8,10-11,20H,3-4,9,12H2,1-2H3. The number of rotatable bonds is 9. The molecule has 0 bridgehead atoms. The number of nitro groups is 1. The highest BCUT2D eigenvalue weighted by atomic mass is 127. The van der Waals surface area contributed by atoms with Gasteiger partial charge in [0, 0.05) is 24.4 Å². The van der Waals surface area contributed by atoms with Gasteiger partial charge in [-0.25, -0.2) is 0 Å². The van der Waals surface area contributed by atoms with Crippen LogP contribution in [0.4, 0.5) is 11.4 Å². The number of ether oxygens (including phenoxy) is 2. The molecular weight excluding hydrogens is 435 g/mol. The summed E-state index contributed by atoms with van der Waals surface area (Å²) in [5.41, 5.74) is 1.95. The van der Waals surface area contributed by atoms with Gasteiger partial charge in [0.15, 0.2) is 11.5 Å². The van der Waals surface area contributed by atoms with Crippen molar-refractivity contribution in [2.75, 3.05) is 18.5 Å². The van der Waals surface area contributed by atoms with Crippen LogP contribution in [0.5, 0.6) is 11.5 Å². The van der Waals surface area contributed by atoms with E-state index in [9.17, 15) is 10.1 Å².